The highest BCUT2D eigenvalue weighted by atomic mass is 16.5. The van der Waals surface area contributed by atoms with E-state index in [9.17, 15) is 4.79 Å². The second kappa shape index (κ2) is 14.3. The van der Waals surface area contributed by atoms with Crippen LogP contribution in [0.3, 0.4) is 0 Å². The van der Waals surface area contributed by atoms with E-state index in [4.69, 9.17) is 9.84 Å². The summed E-state index contributed by atoms with van der Waals surface area (Å²) in [4.78, 5) is 13.1. The molecule has 0 aliphatic rings. The number of aromatic nitrogens is 1. The first kappa shape index (κ1) is 28.2. The molecule has 0 bridgehead atoms. The van der Waals surface area contributed by atoms with Crippen LogP contribution in [-0.4, -0.2) is 42.4 Å². The van der Waals surface area contributed by atoms with Crippen molar-refractivity contribution in [1.82, 2.24) is 9.88 Å². The summed E-state index contributed by atoms with van der Waals surface area (Å²) in [7, 11) is 3.63. The number of aliphatic hydroxyl groups excluding tert-OH is 1. The lowest BCUT2D eigenvalue weighted by Crippen LogP contribution is -2.14. The standard InChI is InChI=1S/C21H24N2O2.C4H11N.C2H6O/c1-6-15-9-7-8-10-17(15)22-21(24)19-14(3)23(4)20-16(19)11-13(2)12-18(20)25-5;1-3-5-4-2;1-2-3/h7-12H,6H2,1-5H3,(H,22,24);5H,3-4H2,1-2H3;3H,2H2,1H3. The van der Waals surface area contributed by atoms with E-state index in [1.807, 2.05) is 61.9 Å². The number of aliphatic hydroxyl groups is 1. The van der Waals surface area contributed by atoms with Crippen molar-refractivity contribution in [3.63, 3.8) is 0 Å². The van der Waals surface area contributed by atoms with E-state index in [1.54, 1.807) is 14.0 Å². The molecule has 0 spiro atoms. The summed E-state index contributed by atoms with van der Waals surface area (Å²) in [6.07, 6.45) is 0.873. The van der Waals surface area contributed by atoms with Crippen molar-refractivity contribution < 1.29 is 14.6 Å². The molecule has 3 aromatic rings. The highest BCUT2D eigenvalue weighted by Crippen LogP contribution is 2.34. The van der Waals surface area contributed by atoms with Gasteiger partial charge in [-0.25, -0.2) is 0 Å². The van der Waals surface area contributed by atoms with Crippen LogP contribution in [-0.2, 0) is 13.5 Å². The van der Waals surface area contributed by atoms with E-state index in [-0.39, 0.29) is 12.5 Å². The summed E-state index contributed by atoms with van der Waals surface area (Å²) >= 11 is 0. The van der Waals surface area contributed by atoms with Crippen molar-refractivity contribution in [2.75, 3.05) is 32.1 Å². The first-order chi connectivity index (χ1) is 15.8. The molecule has 0 atom stereocenters. The first-order valence-corrected chi connectivity index (χ1v) is 11.6. The van der Waals surface area contributed by atoms with Gasteiger partial charge in [0, 0.05) is 30.4 Å². The molecule has 0 fully saturated rings. The third kappa shape index (κ3) is 7.34. The smallest absolute Gasteiger partial charge is 0.258 e. The molecular formula is C27H41N3O3. The second-order valence-corrected chi connectivity index (χ2v) is 7.62. The Morgan fingerprint density at radius 2 is 1.67 bits per heavy atom. The lowest BCUT2D eigenvalue weighted by molar-refractivity contribution is 0.102. The lowest BCUT2D eigenvalue weighted by Gasteiger charge is -2.10. The van der Waals surface area contributed by atoms with Crippen molar-refractivity contribution >= 4 is 22.5 Å². The van der Waals surface area contributed by atoms with Gasteiger partial charge in [0.15, 0.2) is 0 Å². The number of para-hydroxylation sites is 1. The number of hydrogen-bond acceptors (Lipinski definition) is 4. The average Bonchev–Trinajstić information content (AvgIpc) is 3.05. The van der Waals surface area contributed by atoms with Crippen molar-refractivity contribution in [3.05, 3.63) is 58.8 Å². The van der Waals surface area contributed by atoms with E-state index >= 15 is 0 Å². The first-order valence-electron chi connectivity index (χ1n) is 11.6. The van der Waals surface area contributed by atoms with Gasteiger partial charge in [-0.05, 0) is 69.6 Å². The molecule has 0 aliphatic heterocycles. The molecule has 3 rings (SSSR count). The van der Waals surface area contributed by atoms with Crippen molar-refractivity contribution in [3.8, 4) is 5.75 Å². The molecule has 0 saturated heterocycles. The molecule has 0 saturated carbocycles. The van der Waals surface area contributed by atoms with Gasteiger partial charge in [-0.1, -0.05) is 39.0 Å². The molecule has 182 valence electrons. The topological polar surface area (TPSA) is 75.5 Å². The van der Waals surface area contributed by atoms with Gasteiger partial charge in [0.2, 0.25) is 0 Å². The monoisotopic (exact) mass is 455 g/mol. The van der Waals surface area contributed by atoms with Crippen LogP contribution >= 0.6 is 0 Å². The largest absolute Gasteiger partial charge is 0.495 e. The SMILES string of the molecule is CCNCC.CCO.CCc1ccccc1NC(=O)c1c(C)n(C)c2c(OC)cc(C)cc12. The number of carbonyl (C=O) groups is 1. The van der Waals surface area contributed by atoms with E-state index in [1.165, 1.54) is 0 Å². The molecule has 1 heterocycles. The average molecular weight is 456 g/mol. The molecule has 3 N–H and O–H groups in total. The van der Waals surface area contributed by atoms with Crippen LogP contribution in [0.4, 0.5) is 5.69 Å². The predicted octanol–water partition coefficient (Wildman–Crippen LogP) is 5.23. The predicted molar refractivity (Wildman–Crippen MR) is 140 cm³/mol. The molecule has 1 amide bonds. The summed E-state index contributed by atoms with van der Waals surface area (Å²) in [5.74, 6) is 0.699. The maximum absolute atomic E-state index is 13.1. The van der Waals surface area contributed by atoms with Crippen molar-refractivity contribution in [2.24, 2.45) is 7.05 Å². The minimum Gasteiger partial charge on any atom is -0.495 e. The number of anilines is 1. The summed E-state index contributed by atoms with van der Waals surface area (Å²) in [6, 6.07) is 12.0. The molecule has 6 heteroatoms. The summed E-state index contributed by atoms with van der Waals surface area (Å²) in [6.45, 7) is 14.4. The van der Waals surface area contributed by atoms with Gasteiger partial charge in [0.05, 0.1) is 18.2 Å². The molecule has 0 unspecified atom stereocenters. The fraction of sp³-hybridized carbons (Fsp3) is 0.444. The van der Waals surface area contributed by atoms with Crippen LogP contribution in [0.15, 0.2) is 36.4 Å². The van der Waals surface area contributed by atoms with Crippen LogP contribution in [0.25, 0.3) is 10.9 Å². The Hall–Kier alpha value is -2.83. The normalized spacial score (nSPS) is 10.1. The Morgan fingerprint density at radius 3 is 2.18 bits per heavy atom. The fourth-order valence-electron chi connectivity index (χ4n) is 3.64. The minimum atomic E-state index is -0.0864. The van der Waals surface area contributed by atoms with Gasteiger partial charge >= 0.3 is 0 Å². The summed E-state index contributed by atoms with van der Waals surface area (Å²) in [5.41, 5.74) is 5.63. The number of nitrogens with one attached hydrogen (secondary N) is 2. The van der Waals surface area contributed by atoms with Crippen LogP contribution in [0, 0.1) is 13.8 Å². The molecule has 33 heavy (non-hydrogen) atoms. The van der Waals surface area contributed by atoms with Crippen molar-refractivity contribution in [2.45, 2.75) is 48.0 Å². The van der Waals surface area contributed by atoms with Crippen LogP contribution in [0.2, 0.25) is 0 Å². The Balaban J connectivity index is 0.000000591. The summed E-state index contributed by atoms with van der Waals surface area (Å²) < 4.78 is 7.56. The molecule has 2 aromatic carbocycles. The van der Waals surface area contributed by atoms with Gasteiger partial charge in [-0.15, -0.1) is 0 Å². The van der Waals surface area contributed by atoms with E-state index in [0.29, 0.717) is 5.56 Å². The van der Waals surface area contributed by atoms with Crippen LogP contribution in [0.1, 0.15) is 54.9 Å². The van der Waals surface area contributed by atoms with Gasteiger partial charge < -0.3 is 25.0 Å². The zero-order valence-electron chi connectivity index (χ0n) is 21.5. The minimum absolute atomic E-state index is 0.0864. The number of rotatable bonds is 6. The number of carbonyl (C=O) groups excluding carboxylic acids is 1. The number of amides is 1. The van der Waals surface area contributed by atoms with Gasteiger partial charge in [0.25, 0.3) is 5.91 Å². The molecule has 0 radical (unpaired) electrons. The van der Waals surface area contributed by atoms with Gasteiger partial charge in [-0.3, -0.25) is 4.79 Å². The Morgan fingerprint density at radius 1 is 1.06 bits per heavy atom. The fourth-order valence-corrected chi connectivity index (χ4v) is 3.64. The van der Waals surface area contributed by atoms with E-state index in [0.717, 1.165) is 58.7 Å². The third-order valence-electron chi connectivity index (χ3n) is 5.28. The maximum atomic E-state index is 13.1. The van der Waals surface area contributed by atoms with Gasteiger partial charge in [-0.2, -0.15) is 0 Å². The zero-order chi connectivity index (χ0) is 25.0. The number of benzene rings is 2. The van der Waals surface area contributed by atoms with Crippen molar-refractivity contribution in [1.29, 1.82) is 0 Å². The lowest BCUT2D eigenvalue weighted by atomic mass is 10.1. The van der Waals surface area contributed by atoms with E-state index in [2.05, 4.69) is 31.4 Å². The van der Waals surface area contributed by atoms with E-state index < -0.39 is 0 Å². The Labute approximate surface area is 199 Å². The highest BCUT2D eigenvalue weighted by molar-refractivity contribution is 6.15. The van der Waals surface area contributed by atoms with Crippen LogP contribution in [0.5, 0.6) is 5.75 Å². The number of aryl methyl sites for hydroxylation is 3. The van der Waals surface area contributed by atoms with Gasteiger partial charge in [0.1, 0.15) is 5.75 Å². The third-order valence-corrected chi connectivity index (χ3v) is 5.28. The van der Waals surface area contributed by atoms with Crippen LogP contribution < -0.4 is 15.4 Å². The number of hydrogen-bond donors (Lipinski definition) is 3. The molecule has 1 aromatic heterocycles. The maximum Gasteiger partial charge on any atom is 0.258 e. The second-order valence-electron chi connectivity index (χ2n) is 7.62. The molecule has 0 aliphatic carbocycles. The Kier molecular flexibility index (Phi) is 12.3. The quantitative estimate of drug-likeness (QED) is 0.476. The molecule has 6 nitrogen and oxygen atoms in total. The molecular weight excluding hydrogens is 414 g/mol. The number of methoxy groups -OCH3 is 1. The zero-order valence-corrected chi connectivity index (χ0v) is 21.5. The highest BCUT2D eigenvalue weighted by Gasteiger charge is 2.22. The Bertz CT molecular complexity index is 1020. The number of nitrogens with zero attached hydrogens (tertiary/aromatic N) is 1. The number of ether oxygens (including phenoxy) is 1. The summed E-state index contributed by atoms with van der Waals surface area (Å²) in [5, 5.41) is 14.7. The number of fused-ring (bicyclic) bond motifs is 1.